The first kappa shape index (κ1) is 23.0. The van der Waals surface area contributed by atoms with E-state index in [1.54, 1.807) is 6.34 Å². The summed E-state index contributed by atoms with van der Waals surface area (Å²) in [6.45, 7) is 0.124. The fraction of sp³-hybridized carbons (Fsp3) is 0.333. The Morgan fingerprint density at radius 2 is 2.03 bits per heavy atom. The second kappa shape index (κ2) is 9.14. The van der Waals surface area contributed by atoms with Crippen molar-refractivity contribution < 1.29 is 22.6 Å². The third-order valence-corrected chi connectivity index (χ3v) is 5.73. The molecule has 1 saturated heterocycles. The maximum atomic E-state index is 13.6. The van der Waals surface area contributed by atoms with Crippen molar-refractivity contribution in [3.8, 4) is 5.75 Å². The average Bonchev–Trinajstić information content (AvgIpc) is 3.47. The average molecular weight is 484 g/mol. The van der Waals surface area contributed by atoms with Gasteiger partial charge in [0.1, 0.15) is 30.6 Å². The summed E-state index contributed by atoms with van der Waals surface area (Å²) in [7, 11) is 3.75. The van der Waals surface area contributed by atoms with Crippen LogP contribution in [0.2, 0.25) is 0 Å². The molecule has 8 nitrogen and oxygen atoms in total. The standard InChI is InChI=1S/C24H23F3N6O2/c1-32(2)14-31-22-18-7-9-33(23(18)30-13-29-22)21-6-5-15(35-21)12-34-16-10-19(24(25,26)27)17-4-3-8-28-20(17)11-16/h3-4,7-11,13-15,21H,5-6,12H2,1-2H3. The van der Waals surface area contributed by atoms with Gasteiger partial charge in [-0.3, -0.25) is 4.98 Å². The summed E-state index contributed by atoms with van der Waals surface area (Å²) in [6.07, 6.45) is 2.82. The Morgan fingerprint density at radius 1 is 1.17 bits per heavy atom. The van der Waals surface area contributed by atoms with E-state index in [9.17, 15) is 13.2 Å². The van der Waals surface area contributed by atoms with Crippen LogP contribution < -0.4 is 4.74 Å². The third kappa shape index (κ3) is 4.76. The highest BCUT2D eigenvalue weighted by Gasteiger charge is 2.34. The lowest BCUT2D eigenvalue weighted by Gasteiger charge is -2.17. The van der Waals surface area contributed by atoms with Gasteiger partial charge in [-0.2, -0.15) is 13.2 Å². The topological polar surface area (TPSA) is 77.7 Å². The summed E-state index contributed by atoms with van der Waals surface area (Å²) in [5.41, 5.74) is 0.163. The lowest BCUT2D eigenvalue weighted by Crippen LogP contribution is -2.19. The van der Waals surface area contributed by atoms with Gasteiger partial charge >= 0.3 is 6.18 Å². The molecule has 0 aliphatic carbocycles. The Kier molecular flexibility index (Phi) is 6.01. The van der Waals surface area contributed by atoms with Crippen molar-refractivity contribution in [3.63, 3.8) is 0 Å². The molecule has 0 radical (unpaired) electrons. The van der Waals surface area contributed by atoms with Crippen LogP contribution in [0.5, 0.6) is 5.75 Å². The fourth-order valence-electron chi connectivity index (χ4n) is 4.14. The maximum Gasteiger partial charge on any atom is 0.417 e. The second-order valence-electron chi connectivity index (χ2n) is 8.51. The number of halogens is 3. The molecule has 5 rings (SSSR count). The van der Waals surface area contributed by atoms with Crippen LogP contribution in [0, 0.1) is 0 Å². The van der Waals surface area contributed by atoms with Crippen LogP contribution in [0.4, 0.5) is 19.0 Å². The van der Waals surface area contributed by atoms with Crippen LogP contribution in [0.25, 0.3) is 21.9 Å². The number of aliphatic imine (C=N–C) groups is 1. The van der Waals surface area contributed by atoms with Crippen LogP contribution >= 0.6 is 0 Å². The molecule has 0 N–H and O–H groups in total. The Morgan fingerprint density at radius 3 is 2.83 bits per heavy atom. The van der Waals surface area contributed by atoms with Crippen molar-refractivity contribution in [2.45, 2.75) is 31.3 Å². The zero-order valence-electron chi connectivity index (χ0n) is 19.1. The lowest BCUT2D eigenvalue weighted by molar-refractivity contribution is -0.136. The van der Waals surface area contributed by atoms with Crippen LogP contribution in [-0.2, 0) is 10.9 Å². The Balaban J connectivity index is 1.30. The molecule has 0 bridgehead atoms. The van der Waals surface area contributed by atoms with E-state index in [1.165, 1.54) is 30.7 Å². The highest BCUT2D eigenvalue weighted by Crippen LogP contribution is 2.38. The number of fused-ring (bicyclic) bond motifs is 2. The first-order valence-corrected chi connectivity index (χ1v) is 11.1. The summed E-state index contributed by atoms with van der Waals surface area (Å²) < 4.78 is 54.5. The van der Waals surface area contributed by atoms with E-state index < -0.39 is 11.7 Å². The first-order valence-electron chi connectivity index (χ1n) is 11.1. The Bertz CT molecular complexity index is 1380. The van der Waals surface area contributed by atoms with Crippen molar-refractivity contribution in [1.29, 1.82) is 0 Å². The lowest BCUT2D eigenvalue weighted by atomic mass is 10.1. The number of nitrogens with zero attached hydrogens (tertiary/aromatic N) is 6. The molecule has 2 atom stereocenters. The van der Waals surface area contributed by atoms with Gasteiger partial charge in [0.25, 0.3) is 0 Å². The molecule has 0 spiro atoms. The van der Waals surface area contributed by atoms with Crippen LogP contribution in [0.1, 0.15) is 24.6 Å². The molecule has 0 amide bonds. The molecule has 3 aromatic heterocycles. The number of hydrogen-bond acceptors (Lipinski definition) is 6. The molecular formula is C24H23F3N6O2. The monoisotopic (exact) mass is 484 g/mol. The summed E-state index contributed by atoms with van der Waals surface area (Å²) in [6, 6.07) is 7.32. The van der Waals surface area contributed by atoms with Gasteiger partial charge < -0.3 is 18.9 Å². The van der Waals surface area contributed by atoms with Crippen molar-refractivity contribution in [2.75, 3.05) is 20.7 Å². The van der Waals surface area contributed by atoms with E-state index in [4.69, 9.17) is 9.47 Å². The predicted octanol–water partition coefficient (Wildman–Crippen LogP) is 4.98. The largest absolute Gasteiger partial charge is 0.491 e. The highest BCUT2D eigenvalue weighted by atomic mass is 19.4. The third-order valence-electron chi connectivity index (χ3n) is 5.73. The van der Waals surface area contributed by atoms with E-state index in [0.29, 0.717) is 24.3 Å². The number of benzene rings is 1. The number of hydrogen-bond donors (Lipinski definition) is 0. The van der Waals surface area contributed by atoms with Gasteiger partial charge in [0, 0.05) is 37.9 Å². The Labute approximate surface area is 199 Å². The minimum atomic E-state index is -4.51. The molecule has 1 aliphatic rings. The number of aromatic nitrogens is 4. The minimum Gasteiger partial charge on any atom is -0.491 e. The van der Waals surface area contributed by atoms with Gasteiger partial charge in [-0.05, 0) is 31.0 Å². The van der Waals surface area contributed by atoms with Gasteiger partial charge in [-0.1, -0.05) is 6.07 Å². The number of alkyl halides is 3. The van der Waals surface area contributed by atoms with Gasteiger partial charge in [-0.15, -0.1) is 0 Å². The van der Waals surface area contributed by atoms with Crippen LogP contribution in [0.15, 0.2) is 54.0 Å². The molecular weight excluding hydrogens is 461 g/mol. The number of ether oxygens (including phenoxy) is 2. The molecule has 4 heterocycles. The van der Waals surface area contributed by atoms with Crippen molar-refractivity contribution >= 4 is 34.1 Å². The summed E-state index contributed by atoms with van der Waals surface area (Å²) in [4.78, 5) is 18.9. The SMILES string of the molecule is CN(C)C=Nc1ncnc2c1ccn2C1CCC(COc2cc(C(F)(F)F)c3cccnc3c2)O1. The van der Waals surface area contributed by atoms with E-state index in [0.717, 1.165) is 11.5 Å². The number of rotatable bonds is 6. The van der Waals surface area contributed by atoms with Crippen LogP contribution in [-0.4, -0.2) is 57.6 Å². The number of pyridine rings is 1. The maximum absolute atomic E-state index is 13.6. The summed E-state index contributed by atoms with van der Waals surface area (Å²) in [5, 5.41) is 0.845. The molecule has 182 valence electrons. The van der Waals surface area contributed by atoms with E-state index in [-0.39, 0.29) is 35.6 Å². The molecule has 11 heteroatoms. The second-order valence-corrected chi connectivity index (χ2v) is 8.51. The minimum absolute atomic E-state index is 0.0419. The van der Waals surface area contributed by atoms with Gasteiger partial charge in [-0.25, -0.2) is 15.0 Å². The first-order chi connectivity index (χ1) is 16.8. The van der Waals surface area contributed by atoms with Crippen molar-refractivity contribution in [3.05, 3.63) is 54.6 Å². The van der Waals surface area contributed by atoms with Gasteiger partial charge in [0.05, 0.1) is 28.9 Å². The zero-order valence-corrected chi connectivity index (χ0v) is 19.1. The van der Waals surface area contributed by atoms with E-state index in [1.807, 2.05) is 35.8 Å². The predicted molar refractivity (Wildman–Crippen MR) is 125 cm³/mol. The molecule has 4 aromatic rings. The van der Waals surface area contributed by atoms with Crippen LogP contribution in [0.3, 0.4) is 0 Å². The molecule has 35 heavy (non-hydrogen) atoms. The van der Waals surface area contributed by atoms with Gasteiger partial charge in [0.2, 0.25) is 0 Å². The molecule has 1 fully saturated rings. The summed E-state index contributed by atoms with van der Waals surface area (Å²) in [5.74, 6) is 0.670. The highest BCUT2D eigenvalue weighted by molar-refractivity contribution is 5.87. The molecule has 2 unspecified atom stereocenters. The fourth-order valence-corrected chi connectivity index (χ4v) is 4.14. The quantitative estimate of drug-likeness (QED) is 0.284. The smallest absolute Gasteiger partial charge is 0.417 e. The normalized spacial score (nSPS) is 18.7. The van der Waals surface area contributed by atoms with E-state index >= 15 is 0 Å². The summed E-state index contributed by atoms with van der Waals surface area (Å²) >= 11 is 0. The zero-order chi connectivity index (χ0) is 24.6. The molecule has 1 aliphatic heterocycles. The van der Waals surface area contributed by atoms with Gasteiger partial charge in [0.15, 0.2) is 5.82 Å². The molecule has 1 aromatic carbocycles. The Hall–Kier alpha value is -3.73. The van der Waals surface area contributed by atoms with Crippen molar-refractivity contribution in [2.24, 2.45) is 4.99 Å². The molecule has 0 saturated carbocycles. The van der Waals surface area contributed by atoms with Crippen molar-refractivity contribution in [1.82, 2.24) is 24.4 Å². The van der Waals surface area contributed by atoms with E-state index in [2.05, 4.69) is 19.9 Å².